The molecule has 0 fully saturated rings. The molecule has 0 saturated heterocycles. The van der Waals surface area contributed by atoms with E-state index < -0.39 is 34.1 Å². The van der Waals surface area contributed by atoms with E-state index in [9.17, 15) is 18.0 Å². The fourth-order valence-corrected chi connectivity index (χ4v) is 6.15. The molecule has 0 aliphatic carbocycles. The number of anilines is 1. The number of rotatable bonds is 9. The number of nitrogens with zero attached hydrogens (tertiary/aromatic N) is 2. The van der Waals surface area contributed by atoms with E-state index >= 15 is 0 Å². The molecular formula is C30H36BrN3O4S. The molecule has 0 spiro atoms. The highest BCUT2D eigenvalue weighted by atomic mass is 79.9. The molecule has 3 rings (SSSR count). The maximum atomic E-state index is 14.0. The average molecular weight is 615 g/mol. The van der Waals surface area contributed by atoms with Crippen molar-refractivity contribution in [3.8, 4) is 0 Å². The van der Waals surface area contributed by atoms with Gasteiger partial charge in [0.2, 0.25) is 11.8 Å². The third-order valence-corrected chi connectivity index (χ3v) is 8.41. The Morgan fingerprint density at radius 2 is 1.62 bits per heavy atom. The van der Waals surface area contributed by atoms with Crippen LogP contribution >= 0.6 is 15.9 Å². The Bertz CT molecular complexity index is 1440. The van der Waals surface area contributed by atoms with Gasteiger partial charge in [0.05, 0.1) is 10.6 Å². The Balaban J connectivity index is 2.06. The lowest BCUT2D eigenvalue weighted by molar-refractivity contribution is -0.140. The molecule has 0 saturated carbocycles. The van der Waals surface area contributed by atoms with Crippen LogP contribution in [-0.2, 0) is 26.2 Å². The third kappa shape index (κ3) is 7.92. The molecule has 3 aromatic rings. The quantitative estimate of drug-likeness (QED) is 0.341. The van der Waals surface area contributed by atoms with Crippen LogP contribution in [0.4, 0.5) is 5.69 Å². The van der Waals surface area contributed by atoms with E-state index in [-0.39, 0.29) is 17.3 Å². The number of halogens is 1. The van der Waals surface area contributed by atoms with Crippen LogP contribution in [0.2, 0.25) is 0 Å². The second-order valence-electron chi connectivity index (χ2n) is 10.7. The molecule has 0 aromatic heterocycles. The number of amides is 2. The van der Waals surface area contributed by atoms with Gasteiger partial charge in [-0.05, 0) is 83.0 Å². The van der Waals surface area contributed by atoms with Crippen LogP contribution in [0.5, 0.6) is 0 Å². The number of carbonyl (C=O) groups excluding carboxylic acids is 2. The van der Waals surface area contributed by atoms with Gasteiger partial charge in [-0.3, -0.25) is 13.9 Å². The van der Waals surface area contributed by atoms with Crippen molar-refractivity contribution in [1.82, 2.24) is 10.2 Å². The van der Waals surface area contributed by atoms with Crippen molar-refractivity contribution < 1.29 is 18.0 Å². The largest absolute Gasteiger partial charge is 0.350 e. The van der Waals surface area contributed by atoms with Crippen LogP contribution in [0, 0.1) is 13.8 Å². The first kappa shape index (κ1) is 30.4. The predicted octanol–water partition coefficient (Wildman–Crippen LogP) is 5.59. The van der Waals surface area contributed by atoms with Gasteiger partial charge < -0.3 is 10.2 Å². The summed E-state index contributed by atoms with van der Waals surface area (Å²) in [5.41, 5.74) is 2.41. The van der Waals surface area contributed by atoms with Gasteiger partial charge in [-0.25, -0.2) is 8.42 Å². The molecule has 0 radical (unpaired) electrons. The SMILES string of the molecule is Cc1ccc(N(CC(=O)N(Cc2cccc(Br)c2)[C@H](C)C(=O)NC(C)(C)C)S(=O)(=O)c2ccccc2)c(C)c1. The molecule has 0 unspecified atom stereocenters. The Morgan fingerprint density at radius 3 is 2.21 bits per heavy atom. The lowest BCUT2D eigenvalue weighted by Gasteiger charge is -2.34. The number of aryl methyl sites for hydroxylation is 2. The molecule has 3 aromatic carbocycles. The van der Waals surface area contributed by atoms with Crippen LogP contribution in [0.3, 0.4) is 0 Å². The van der Waals surface area contributed by atoms with Crippen molar-refractivity contribution in [2.45, 2.75) is 64.6 Å². The smallest absolute Gasteiger partial charge is 0.264 e. The van der Waals surface area contributed by atoms with Gasteiger partial charge in [-0.2, -0.15) is 0 Å². The van der Waals surface area contributed by atoms with Crippen molar-refractivity contribution >= 4 is 43.5 Å². The molecule has 0 bridgehead atoms. The molecule has 0 heterocycles. The first-order chi connectivity index (χ1) is 18.2. The normalized spacial score (nSPS) is 12.5. The molecule has 1 atom stereocenters. The Labute approximate surface area is 240 Å². The van der Waals surface area contributed by atoms with Gasteiger partial charge in [0.25, 0.3) is 10.0 Å². The summed E-state index contributed by atoms with van der Waals surface area (Å²) in [6.07, 6.45) is 0. The van der Waals surface area contributed by atoms with Crippen LogP contribution in [0.15, 0.2) is 82.2 Å². The summed E-state index contributed by atoms with van der Waals surface area (Å²) in [6.45, 7) is 10.7. The summed E-state index contributed by atoms with van der Waals surface area (Å²) in [5.74, 6) is -0.819. The fourth-order valence-electron chi connectivity index (χ4n) is 4.21. The van der Waals surface area contributed by atoms with Gasteiger partial charge in [-0.1, -0.05) is 64.0 Å². The minimum Gasteiger partial charge on any atom is -0.350 e. The molecular weight excluding hydrogens is 578 g/mol. The summed E-state index contributed by atoms with van der Waals surface area (Å²) in [7, 11) is -4.09. The van der Waals surface area contributed by atoms with Crippen molar-refractivity contribution in [1.29, 1.82) is 0 Å². The van der Waals surface area contributed by atoms with Gasteiger partial charge in [0.15, 0.2) is 0 Å². The monoisotopic (exact) mass is 613 g/mol. The van der Waals surface area contributed by atoms with E-state index in [1.165, 1.54) is 17.0 Å². The molecule has 208 valence electrons. The van der Waals surface area contributed by atoms with Gasteiger partial charge >= 0.3 is 0 Å². The maximum Gasteiger partial charge on any atom is 0.264 e. The number of nitrogens with one attached hydrogen (secondary N) is 1. The Hall–Kier alpha value is -3.17. The van der Waals surface area contributed by atoms with Gasteiger partial charge in [0.1, 0.15) is 12.6 Å². The van der Waals surface area contributed by atoms with E-state index in [0.29, 0.717) is 5.69 Å². The zero-order valence-corrected chi connectivity index (χ0v) is 25.6. The summed E-state index contributed by atoms with van der Waals surface area (Å²) in [5, 5.41) is 2.93. The second-order valence-corrected chi connectivity index (χ2v) is 13.5. The average Bonchev–Trinajstić information content (AvgIpc) is 2.85. The Morgan fingerprint density at radius 1 is 0.949 bits per heavy atom. The first-order valence-corrected chi connectivity index (χ1v) is 14.9. The van der Waals surface area contributed by atoms with Crippen LogP contribution in [0.25, 0.3) is 0 Å². The number of hydrogen-bond donors (Lipinski definition) is 1. The maximum absolute atomic E-state index is 14.0. The highest BCUT2D eigenvalue weighted by molar-refractivity contribution is 9.10. The van der Waals surface area contributed by atoms with E-state index in [2.05, 4.69) is 21.2 Å². The zero-order valence-electron chi connectivity index (χ0n) is 23.2. The molecule has 1 N–H and O–H groups in total. The first-order valence-electron chi connectivity index (χ1n) is 12.7. The summed E-state index contributed by atoms with van der Waals surface area (Å²) in [6, 6.07) is 20.1. The standard InChI is InChI=1S/C30H36BrN3O4S/c1-21-15-16-27(22(2)17-21)34(39(37,38)26-13-8-7-9-14-26)20-28(35)33(19-24-11-10-12-25(31)18-24)23(3)29(36)32-30(4,5)6/h7-18,23H,19-20H2,1-6H3,(H,32,36)/t23-/m1/s1. The molecule has 0 aliphatic rings. The van der Waals surface area contributed by atoms with E-state index in [4.69, 9.17) is 0 Å². The van der Waals surface area contributed by atoms with Crippen LogP contribution < -0.4 is 9.62 Å². The topological polar surface area (TPSA) is 86.8 Å². The highest BCUT2D eigenvalue weighted by Crippen LogP contribution is 2.28. The van der Waals surface area contributed by atoms with Crippen molar-refractivity contribution in [3.05, 3.63) is 94.0 Å². The molecule has 7 nitrogen and oxygen atoms in total. The molecule has 2 amide bonds. The zero-order chi connectivity index (χ0) is 29.0. The molecule has 39 heavy (non-hydrogen) atoms. The number of carbonyl (C=O) groups is 2. The van der Waals surface area contributed by atoms with Gasteiger partial charge in [0, 0.05) is 16.6 Å². The number of benzene rings is 3. The number of hydrogen-bond acceptors (Lipinski definition) is 4. The minimum absolute atomic E-state index is 0.0786. The number of sulfonamides is 1. The Kier molecular flexibility index (Phi) is 9.61. The fraction of sp³-hybridized carbons (Fsp3) is 0.333. The van der Waals surface area contributed by atoms with Crippen molar-refractivity contribution in [3.63, 3.8) is 0 Å². The summed E-state index contributed by atoms with van der Waals surface area (Å²) in [4.78, 5) is 28.7. The van der Waals surface area contributed by atoms with E-state index in [1.807, 2.05) is 71.0 Å². The highest BCUT2D eigenvalue weighted by Gasteiger charge is 2.33. The van der Waals surface area contributed by atoms with Crippen molar-refractivity contribution in [2.75, 3.05) is 10.8 Å². The van der Waals surface area contributed by atoms with E-state index in [1.54, 1.807) is 31.2 Å². The second kappa shape index (κ2) is 12.3. The lowest BCUT2D eigenvalue weighted by Crippen LogP contribution is -2.54. The molecule has 9 heteroatoms. The van der Waals surface area contributed by atoms with E-state index in [0.717, 1.165) is 25.5 Å². The van der Waals surface area contributed by atoms with Crippen LogP contribution in [-0.4, -0.2) is 43.3 Å². The molecule has 0 aliphatic heterocycles. The third-order valence-electron chi connectivity index (χ3n) is 6.14. The van der Waals surface area contributed by atoms with Crippen LogP contribution in [0.1, 0.15) is 44.4 Å². The summed E-state index contributed by atoms with van der Waals surface area (Å²) >= 11 is 3.46. The van der Waals surface area contributed by atoms with Crippen molar-refractivity contribution in [2.24, 2.45) is 0 Å². The summed E-state index contributed by atoms with van der Waals surface area (Å²) < 4.78 is 29.8. The van der Waals surface area contributed by atoms with Gasteiger partial charge in [-0.15, -0.1) is 0 Å². The lowest BCUT2D eigenvalue weighted by atomic mass is 10.1. The predicted molar refractivity (Wildman–Crippen MR) is 159 cm³/mol. The minimum atomic E-state index is -4.09.